The molecule has 0 saturated heterocycles. The summed E-state index contributed by atoms with van der Waals surface area (Å²) in [5.74, 6) is -0.901. The van der Waals surface area contributed by atoms with Crippen molar-refractivity contribution in [1.82, 2.24) is 4.98 Å². The molecule has 0 atom stereocenters. The molecule has 0 unspecified atom stereocenters. The second-order valence-electron chi connectivity index (χ2n) is 5.96. The summed E-state index contributed by atoms with van der Waals surface area (Å²) in [6.45, 7) is 0. The van der Waals surface area contributed by atoms with E-state index in [1.165, 1.54) is 6.08 Å². The normalized spacial score (nSPS) is 13.8. The van der Waals surface area contributed by atoms with Crippen molar-refractivity contribution in [2.75, 3.05) is 0 Å². The molecule has 0 radical (unpaired) electrons. The average Bonchev–Trinajstić information content (AvgIpc) is 2.62. The van der Waals surface area contributed by atoms with E-state index in [4.69, 9.17) is 4.98 Å². The van der Waals surface area contributed by atoms with Crippen LogP contribution in [0.4, 0.5) is 0 Å². The average molecular weight is 309 g/mol. The molecular formula is C21H11NO2. The van der Waals surface area contributed by atoms with Crippen LogP contribution < -0.4 is 0 Å². The van der Waals surface area contributed by atoms with Crippen LogP contribution in [0.5, 0.6) is 0 Å². The molecule has 4 aromatic rings. The van der Waals surface area contributed by atoms with E-state index in [9.17, 15) is 9.59 Å². The highest BCUT2D eigenvalue weighted by molar-refractivity contribution is 6.50. The summed E-state index contributed by atoms with van der Waals surface area (Å²) in [5, 5.41) is 4.13. The van der Waals surface area contributed by atoms with Crippen LogP contribution in [0.3, 0.4) is 0 Å². The third-order valence-corrected chi connectivity index (χ3v) is 4.61. The van der Waals surface area contributed by atoms with Crippen LogP contribution in [-0.2, 0) is 4.79 Å². The maximum absolute atomic E-state index is 12.1. The Morgan fingerprint density at radius 3 is 2.46 bits per heavy atom. The summed E-state index contributed by atoms with van der Waals surface area (Å²) < 4.78 is 0. The maximum atomic E-state index is 12.1. The zero-order chi connectivity index (χ0) is 16.3. The lowest BCUT2D eigenvalue weighted by atomic mass is 9.89. The number of para-hydroxylation sites is 1. The van der Waals surface area contributed by atoms with E-state index in [1.807, 2.05) is 42.5 Å². The molecule has 112 valence electrons. The van der Waals surface area contributed by atoms with Gasteiger partial charge in [-0.2, -0.15) is 0 Å². The lowest BCUT2D eigenvalue weighted by Crippen LogP contribution is -2.16. The molecule has 0 amide bonds. The molecule has 0 bridgehead atoms. The van der Waals surface area contributed by atoms with Crippen molar-refractivity contribution in [3.05, 3.63) is 71.8 Å². The van der Waals surface area contributed by atoms with Crippen molar-refractivity contribution in [1.29, 1.82) is 0 Å². The summed E-state index contributed by atoms with van der Waals surface area (Å²) in [5.41, 5.74) is 3.17. The number of hydrogen-bond acceptors (Lipinski definition) is 3. The summed E-state index contributed by atoms with van der Waals surface area (Å²) in [6, 6.07) is 17.8. The van der Waals surface area contributed by atoms with Crippen LogP contribution in [0.1, 0.15) is 15.9 Å². The van der Waals surface area contributed by atoms with Gasteiger partial charge in [0.25, 0.3) is 0 Å². The van der Waals surface area contributed by atoms with Gasteiger partial charge in [-0.25, -0.2) is 4.98 Å². The van der Waals surface area contributed by atoms with E-state index in [1.54, 1.807) is 12.1 Å². The van der Waals surface area contributed by atoms with Gasteiger partial charge < -0.3 is 0 Å². The minimum atomic E-state index is -0.463. The third kappa shape index (κ3) is 1.69. The second-order valence-corrected chi connectivity index (χ2v) is 5.96. The van der Waals surface area contributed by atoms with Crippen LogP contribution >= 0.6 is 0 Å². The van der Waals surface area contributed by atoms with Gasteiger partial charge in [0.05, 0.1) is 11.0 Å². The summed E-state index contributed by atoms with van der Waals surface area (Å²) in [4.78, 5) is 28.4. The van der Waals surface area contributed by atoms with Crippen LogP contribution in [0.25, 0.3) is 38.7 Å². The molecule has 0 N–H and O–H groups in total. The molecular weight excluding hydrogens is 298 g/mol. The van der Waals surface area contributed by atoms with Crippen LogP contribution in [0.15, 0.2) is 60.7 Å². The number of carbonyl (C=O) groups is 2. The van der Waals surface area contributed by atoms with Gasteiger partial charge in [0.2, 0.25) is 11.6 Å². The maximum Gasteiger partial charge on any atom is 0.233 e. The third-order valence-electron chi connectivity index (χ3n) is 4.61. The van der Waals surface area contributed by atoms with Gasteiger partial charge >= 0.3 is 0 Å². The zero-order valence-corrected chi connectivity index (χ0v) is 12.6. The van der Waals surface area contributed by atoms with Gasteiger partial charge in [-0.05, 0) is 52.8 Å². The van der Waals surface area contributed by atoms with E-state index < -0.39 is 11.6 Å². The molecule has 3 heteroatoms. The monoisotopic (exact) mass is 309 g/mol. The second kappa shape index (κ2) is 4.59. The topological polar surface area (TPSA) is 47.0 Å². The van der Waals surface area contributed by atoms with Gasteiger partial charge in [-0.15, -0.1) is 0 Å². The molecule has 1 aromatic heterocycles. The summed E-state index contributed by atoms with van der Waals surface area (Å²) in [7, 11) is 0. The molecule has 3 nitrogen and oxygen atoms in total. The van der Waals surface area contributed by atoms with Gasteiger partial charge in [-0.1, -0.05) is 30.3 Å². The highest BCUT2D eigenvalue weighted by Gasteiger charge is 2.22. The number of Topliss-reactive ketones (excluding diaryl/α,β-unsaturated/α-hetero) is 1. The number of nitrogens with zero attached hydrogens (tertiary/aromatic N) is 1. The fourth-order valence-electron chi connectivity index (χ4n) is 3.43. The molecule has 1 aliphatic rings. The molecule has 1 aliphatic carbocycles. The first-order valence-corrected chi connectivity index (χ1v) is 7.74. The van der Waals surface area contributed by atoms with Crippen LogP contribution in [0, 0.1) is 0 Å². The Bertz CT molecular complexity index is 1230. The highest BCUT2D eigenvalue weighted by Crippen LogP contribution is 2.33. The van der Waals surface area contributed by atoms with Crippen molar-refractivity contribution in [2.24, 2.45) is 0 Å². The highest BCUT2D eigenvalue weighted by atomic mass is 16.2. The van der Waals surface area contributed by atoms with Crippen molar-refractivity contribution in [3.8, 4) is 0 Å². The predicted octanol–water partition coefficient (Wildman–Crippen LogP) is 4.32. The van der Waals surface area contributed by atoms with Gasteiger partial charge in [0.15, 0.2) is 0 Å². The van der Waals surface area contributed by atoms with Crippen molar-refractivity contribution in [3.63, 3.8) is 0 Å². The molecule has 0 spiro atoms. The van der Waals surface area contributed by atoms with E-state index in [-0.39, 0.29) is 0 Å². The van der Waals surface area contributed by atoms with Crippen molar-refractivity contribution >= 4 is 50.2 Å². The number of hydrogen-bond donors (Lipinski definition) is 0. The Morgan fingerprint density at radius 1 is 0.708 bits per heavy atom. The number of benzene rings is 3. The minimum absolute atomic E-state index is 0.439. The first kappa shape index (κ1) is 13.1. The molecule has 0 fully saturated rings. The standard InChI is InChI=1S/C21H11NO2/c23-20-10-8-14-13-7-9-19-17(15(13)5-6-16(14)21(20)24)11-12-3-1-2-4-18(12)22-19/h1-11H. The fourth-order valence-corrected chi connectivity index (χ4v) is 3.43. The largest absolute Gasteiger partial charge is 0.286 e. The Hall–Kier alpha value is -3.33. The number of carbonyl (C=O) groups excluding carboxylic acids is 2. The minimum Gasteiger partial charge on any atom is -0.286 e. The van der Waals surface area contributed by atoms with E-state index in [0.29, 0.717) is 5.56 Å². The van der Waals surface area contributed by atoms with Crippen LogP contribution in [0.2, 0.25) is 0 Å². The number of pyridine rings is 1. The van der Waals surface area contributed by atoms with Gasteiger partial charge in [0.1, 0.15) is 0 Å². The number of rotatable bonds is 0. The first-order chi connectivity index (χ1) is 11.7. The number of fused-ring (bicyclic) bond motifs is 6. The van der Waals surface area contributed by atoms with Crippen molar-refractivity contribution in [2.45, 2.75) is 0 Å². The molecule has 5 rings (SSSR count). The number of allylic oxidation sites excluding steroid dienone is 1. The lowest BCUT2D eigenvalue weighted by molar-refractivity contribution is -0.110. The van der Waals surface area contributed by atoms with Gasteiger partial charge in [0, 0.05) is 16.3 Å². The number of aromatic nitrogens is 1. The molecule has 3 aromatic carbocycles. The molecule has 1 heterocycles. The van der Waals surface area contributed by atoms with E-state index in [2.05, 4.69) is 6.07 Å². The fraction of sp³-hybridized carbons (Fsp3) is 0. The first-order valence-electron chi connectivity index (χ1n) is 7.74. The summed E-state index contributed by atoms with van der Waals surface area (Å²) >= 11 is 0. The van der Waals surface area contributed by atoms with E-state index in [0.717, 1.165) is 38.1 Å². The van der Waals surface area contributed by atoms with Crippen LogP contribution in [-0.4, -0.2) is 16.6 Å². The smallest absolute Gasteiger partial charge is 0.233 e. The Balaban J connectivity index is 1.93. The Labute approximate surface area is 137 Å². The summed E-state index contributed by atoms with van der Waals surface area (Å²) in [6.07, 6.45) is 3.09. The SMILES string of the molecule is O=C1C=Cc2c(ccc3c2ccc2nc4ccccc4cc23)C1=O. The van der Waals surface area contributed by atoms with Crippen molar-refractivity contribution < 1.29 is 9.59 Å². The quantitative estimate of drug-likeness (QED) is 0.276. The van der Waals surface area contributed by atoms with E-state index >= 15 is 0 Å². The Kier molecular flexibility index (Phi) is 2.51. The zero-order valence-electron chi connectivity index (χ0n) is 12.6. The molecule has 0 aliphatic heterocycles. The Morgan fingerprint density at radius 2 is 1.54 bits per heavy atom. The predicted molar refractivity (Wildman–Crippen MR) is 95.1 cm³/mol. The molecule has 24 heavy (non-hydrogen) atoms. The van der Waals surface area contributed by atoms with Gasteiger partial charge in [-0.3, -0.25) is 9.59 Å². The number of ketones is 2. The molecule has 0 saturated carbocycles. The lowest BCUT2D eigenvalue weighted by Gasteiger charge is -2.13.